The Morgan fingerprint density at radius 3 is 2.07 bits per heavy atom. The lowest BCUT2D eigenvalue weighted by Crippen LogP contribution is -2.50. The molecule has 4 heteroatoms. The smallest absolute Gasteiger partial charge is 0.164 e. The van der Waals surface area contributed by atoms with Gasteiger partial charge in [-0.1, -0.05) is 20.3 Å². The Balaban J connectivity index is 4.63. The maximum absolute atomic E-state index is 11.2. The second-order valence-corrected chi connectivity index (χ2v) is 4.31. The molecule has 4 nitrogen and oxygen atoms in total. The van der Waals surface area contributed by atoms with Gasteiger partial charge < -0.3 is 15.3 Å². The van der Waals surface area contributed by atoms with Crippen LogP contribution in [0.2, 0.25) is 0 Å². The molecule has 0 radical (unpaired) electrons. The zero-order valence-corrected chi connectivity index (χ0v) is 9.90. The third kappa shape index (κ3) is 3.55. The van der Waals surface area contributed by atoms with Gasteiger partial charge in [0.25, 0.3) is 0 Å². The van der Waals surface area contributed by atoms with Gasteiger partial charge in [0.15, 0.2) is 11.4 Å². The van der Waals surface area contributed by atoms with Crippen LogP contribution in [0, 0.1) is 5.92 Å². The molecule has 0 saturated carbocycles. The molecule has 0 heterocycles. The van der Waals surface area contributed by atoms with Crippen molar-refractivity contribution in [3.8, 4) is 0 Å². The van der Waals surface area contributed by atoms with E-state index in [2.05, 4.69) is 0 Å². The third-order valence-electron chi connectivity index (χ3n) is 3.12. The molecule has 15 heavy (non-hydrogen) atoms. The minimum Gasteiger partial charge on any atom is -0.393 e. The molecule has 0 spiro atoms. The Labute approximate surface area is 90.9 Å². The van der Waals surface area contributed by atoms with E-state index in [0.717, 1.165) is 6.42 Å². The van der Waals surface area contributed by atoms with Gasteiger partial charge >= 0.3 is 0 Å². The van der Waals surface area contributed by atoms with Gasteiger partial charge in [-0.15, -0.1) is 0 Å². The summed E-state index contributed by atoms with van der Waals surface area (Å²) in [6, 6.07) is 0. The first-order valence-electron chi connectivity index (χ1n) is 5.35. The van der Waals surface area contributed by atoms with Crippen LogP contribution in [0.25, 0.3) is 0 Å². The molecule has 0 rings (SSSR count). The minimum absolute atomic E-state index is 0.00498. The molecule has 0 saturated heterocycles. The lowest BCUT2D eigenvalue weighted by Gasteiger charge is -2.32. The molecule has 4 unspecified atom stereocenters. The average Bonchev–Trinajstić information content (AvgIpc) is 2.15. The van der Waals surface area contributed by atoms with Crippen molar-refractivity contribution in [2.75, 3.05) is 0 Å². The average molecular weight is 218 g/mol. The quantitative estimate of drug-likeness (QED) is 0.606. The van der Waals surface area contributed by atoms with Crippen molar-refractivity contribution in [1.29, 1.82) is 0 Å². The van der Waals surface area contributed by atoms with Crippen LogP contribution in [0.4, 0.5) is 0 Å². The molecular formula is C11H22O4. The molecule has 0 aliphatic heterocycles. The van der Waals surface area contributed by atoms with Crippen LogP contribution in [-0.4, -0.2) is 38.9 Å². The summed E-state index contributed by atoms with van der Waals surface area (Å²) in [6.07, 6.45) is -1.31. The number of rotatable bonds is 6. The number of ketones is 1. The second kappa shape index (κ2) is 5.58. The van der Waals surface area contributed by atoms with E-state index in [1.54, 1.807) is 0 Å². The minimum atomic E-state index is -1.83. The standard InChI is InChI=1S/C11H22O4/c1-5-7(2)10(14)6-11(15,8(3)12)9(4)13/h7-8,10,12,14-15H,5-6H2,1-4H3. The first-order valence-corrected chi connectivity index (χ1v) is 5.35. The van der Waals surface area contributed by atoms with Gasteiger partial charge in [0.1, 0.15) is 0 Å². The molecular weight excluding hydrogens is 196 g/mol. The van der Waals surface area contributed by atoms with Crippen LogP contribution in [0.5, 0.6) is 0 Å². The van der Waals surface area contributed by atoms with Gasteiger partial charge in [0.05, 0.1) is 12.2 Å². The summed E-state index contributed by atoms with van der Waals surface area (Å²) in [6.45, 7) is 6.33. The summed E-state index contributed by atoms with van der Waals surface area (Å²) in [5.74, 6) is -0.519. The summed E-state index contributed by atoms with van der Waals surface area (Å²) < 4.78 is 0. The van der Waals surface area contributed by atoms with E-state index < -0.39 is 23.6 Å². The Morgan fingerprint density at radius 1 is 1.33 bits per heavy atom. The first kappa shape index (κ1) is 14.6. The second-order valence-electron chi connectivity index (χ2n) is 4.31. The van der Waals surface area contributed by atoms with E-state index in [0.29, 0.717) is 0 Å². The van der Waals surface area contributed by atoms with Crippen molar-refractivity contribution in [2.24, 2.45) is 5.92 Å². The van der Waals surface area contributed by atoms with Crippen LogP contribution in [0.3, 0.4) is 0 Å². The number of aliphatic hydroxyl groups is 3. The fourth-order valence-corrected chi connectivity index (χ4v) is 1.40. The van der Waals surface area contributed by atoms with E-state index >= 15 is 0 Å². The molecule has 0 aromatic carbocycles. The van der Waals surface area contributed by atoms with Crippen LogP contribution in [0.15, 0.2) is 0 Å². The highest BCUT2D eigenvalue weighted by Gasteiger charge is 2.40. The van der Waals surface area contributed by atoms with Gasteiger partial charge in [-0.05, 0) is 19.8 Å². The van der Waals surface area contributed by atoms with Crippen LogP contribution in [0.1, 0.15) is 40.5 Å². The number of carbonyl (C=O) groups excluding carboxylic acids is 1. The summed E-state index contributed by atoms with van der Waals surface area (Å²) in [5, 5.41) is 29.0. The third-order valence-corrected chi connectivity index (χ3v) is 3.12. The zero-order valence-electron chi connectivity index (χ0n) is 9.90. The van der Waals surface area contributed by atoms with E-state index in [9.17, 15) is 20.1 Å². The summed E-state index contributed by atoms with van der Waals surface area (Å²) in [5.41, 5.74) is -1.83. The van der Waals surface area contributed by atoms with E-state index in [1.807, 2.05) is 13.8 Å². The molecule has 0 aromatic heterocycles. The van der Waals surface area contributed by atoms with Crippen LogP contribution in [-0.2, 0) is 4.79 Å². The Hall–Kier alpha value is -0.450. The van der Waals surface area contributed by atoms with Gasteiger partial charge in [-0.2, -0.15) is 0 Å². The number of aliphatic hydroxyl groups excluding tert-OH is 2. The molecule has 3 N–H and O–H groups in total. The lowest BCUT2D eigenvalue weighted by atomic mass is 9.83. The van der Waals surface area contributed by atoms with E-state index in [-0.39, 0.29) is 12.3 Å². The highest BCUT2D eigenvalue weighted by atomic mass is 16.4. The normalized spacial score (nSPS) is 21.5. The van der Waals surface area contributed by atoms with E-state index in [4.69, 9.17) is 0 Å². The molecule has 0 aliphatic rings. The molecule has 0 fully saturated rings. The molecule has 0 bridgehead atoms. The maximum Gasteiger partial charge on any atom is 0.164 e. The number of carbonyl (C=O) groups is 1. The van der Waals surface area contributed by atoms with Gasteiger partial charge in [0.2, 0.25) is 0 Å². The lowest BCUT2D eigenvalue weighted by molar-refractivity contribution is -0.153. The van der Waals surface area contributed by atoms with Crippen LogP contribution >= 0.6 is 0 Å². The SMILES string of the molecule is CCC(C)C(O)CC(O)(C(C)=O)C(C)O. The fourth-order valence-electron chi connectivity index (χ4n) is 1.40. The van der Waals surface area contributed by atoms with Crippen molar-refractivity contribution < 1.29 is 20.1 Å². The summed E-state index contributed by atoms with van der Waals surface area (Å²) in [7, 11) is 0. The van der Waals surface area contributed by atoms with Gasteiger partial charge in [-0.3, -0.25) is 4.79 Å². The van der Waals surface area contributed by atoms with Crippen LogP contribution < -0.4 is 0 Å². The first-order chi connectivity index (χ1) is 6.75. The predicted octanol–water partition coefficient (Wildman–Crippen LogP) is 0.484. The van der Waals surface area contributed by atoms with Gasteiger partial charge in [0, 0.05) is 6.42 Å². The molecule has 0 amide bonds. The Bertz CT molecular complexity index is 215. The molecule has 0 aliphatic carbocycles. The van der Waals surface area contributed by atoms with Crippen molar-refractivity contribution >= 4 is 5.78 Å². The topological polar surface area (TPSA) is 77.8 Å². The molecule has 4 atom stereocenters. The number of Topliss-reactive ketones (excluding diaryl/α,β-unsaturated/α-hetero) is 1. The number of hydrogen-bond donors (Lipinski definition) is 3. The predicted molar refractivity (Wildman–Crippen MR) is 57.4 cm³/mol. The van der Waals surface area contributed by atoms with Crippen molar-refractivity contribution in [1.82, 2.24) is 0 Å². The number of hydrogen-bond acceptors (Lipinski definition) is 4. The highest BCUT2D eigenvalue weighted by molar-refractivity contribution is 5.85. The summed E-state index contributed by atoms with van der Waals surface area (Å²) >= 11 is 0. The largest absolute Gasteiger partial charge is 0.393 e. The van der Waals surface area contributed by atoms with E-state index in [1.165, 1.54) is 13.8 Å². The highest BCUT2D eigenvalue weighted by Crippen LogP contribution is 2.23. The van der Waals surface area contributed by atoms with Crippen molar-refractivity contribution in [2.45, 2.75) is 58.3 Å². The van der Waals surface area contributed by atoms with Crippen molar-refractivity contribution in [3.63, 3.8) is 0 Å². The fraction of sp³-hybridized carbons (Fsp3) is 0.909. The maximum atomic E-state index is 11.2. The Kier molecular flexibility index (Phi) is 5.42. The molecule has 90 valence electrons. The molecule has 0 aromatic rings. The zero-order chi connectivity index (χ0) is 12.2. The Morgan fingerprint density at radius 2 is 1.80 bits per heavy atom. The van der Waals surface area contributed by atoms with Crippen molar-refractivity contribution in [3.05, 3.63) is 0 Å². The summed E-state index contributed by atoms with van der Waals surface area (Å²) in [4.78, 5) is 11.2. The monoisotopic (exact) mass is 218 g/mol. The van der Waals surface area contributed by atoms with Gasteiger partial charge in [-0.25, -0.2) is 0 Å².